The van der Waals surface area contributed by atoms with Gasteiger partial charge in [0.15, 0.2) is 0 Å². The maximum Gasteiger partial charge on any atom is 0.336 e. The van der Waals surface area contributed by atoms with Crippen LogP contribution in [0.3, 0.4) is 0 Å². The summed E-state index contributed by atoms with van der Waals surface area (Å²) in [7, 11) is -3.67. The van der Waals surface area contributed by atoms with Gasteiger partial charge in [-0.1, -0.05) is 32.9 Å². The maximum absolute atomic E-state index is 13.1. The average molecular weight is 600 g/mol. The van der Waals surface area contributed by atoms with E-state index in [1.807, 2.05) is 20.8 Å². The number of aliphatic hydroxyl groups excluding tert-OH is 1. The lowest BCUT2D eigenvalue weighted by molar-refractivity contribution is 0.0697. The van der Waals surface area contributed by atoms with Crippen molar-refractivity contribution < 1.29 is 37.6 Å². The zero-order valence-electron chi connectivity index (χ0n) is 23.4. The first-order valence-electron chi connectivity index (χ1n) is 12.3. The lowest BCUT2D eigenvalue weighted by Gasteiger charge is -2.29. The summed E-state index contributed by atoms with van der Waals surface area (Å²) >= 11 is 0. The van der Waals surface area contributed by atoms with E-state index in [0.717, 1.165) is 0 Å². The van der Waals surface area contributed by atoms with Gasteiger partial charge in [-0.3, -0.25) is 24.5 Å². The Labute approximate surface area is 243 Å². The van der Waals surface area contributed by atoms with Crippen molar-refractivity contribution in [2.45, 2.75) is 26.8 Å². The van der Waals surface area contributed by atoms with Crippen molar-refractivity contribution in [3.8, 4) is 11.1 Å². The van der Waals surface area contributed by atoms with Crippen LogP contribution < -0.4 is 16.4 Å². The third-order valence-electron chi connectivity index (χ3n) is 5.81. The van der Waals surface area contributed by atoms with E-state index in [4.69, 9.17) is 15.7 Å². The minimum atomic E-state index is -3.67. The molecule has 1 aromatic heterocycles. The first-order chi connectivity index (χ1) is 19.4. The van der Waals surface area contributed by atoms with Gasteiger partial charge in [0.1, 0.15) is 11.5 Å². The lowest BCUT2D eigenvalue weighted by Crippen LogP contribution is -2.46. The number of aromatic carboxylic acids is 1. The summed E-state index contributed by atoms with van der Waals surface area (Å²) in [5.74, 6) is -2.48. The Morgan fingerprint density at radius 2 is 1.57 bits per heavy atom. The number of nitrogen functional groups attached to an aromatic ring is 1. The van der Waals surface area contributed by atoms with Gasteiger partial charge in [-0.15, -0.1) is 0 Å². The summed E-state index contributed by atoms with van der Waals surface area (Å²) in [6, 6.07) is 13.1. The van der Waals surface area contributed by atoms with E-state index in [1.165, 1.54) is 24.4 Å². The topological polar surface area (TPSA) is 233 Å². The van der Waals surface area contributed by atoms with Crippen molar-refractivity contribution in [3.63, 3.8) is 0 Å². The monoisotopic (exact) mass is 599 g/mol. The number of hydrogen-bond acceptors (Lipinski definition) is 8. The van der Waals surface area contributed by atoms with Crippen LogP contribution in [0, 0.1) is 10.8 Å². The van der Waals surface area contributed by atoms with Gasteiger partial charge in [0, 0.05) is 28.6 Å². The Bertz CT molecular complexity index is 1570. The molecule has 0 radical (unpaired) electrons. The van der Waals surface area contributed by atoms with Gasteiger partial charge in [-0.05, 0) is 53.4 Å². The molecule has 1 heterocycles. The van der Waals surface area contributed by atoms with Crippen LogP contribution in [-0.2, 0) is 10.1 Å². The number of nitrogens with one attached hydrogen (secondary N) is 3. The van der Waals surface area contributed by atoms with Gasteiger partial charge in [0.2, 0.25) is 0 Å². The zero-order valence-corrected chi connectivity index (χ0v) is 24.2. The number of carboxylic acids is 1. The molecule has 224 valence electrons. The maximum atomic E-state index is 13.1. The highest BCUT2D eigenvalue weighted by atomic mass is 32.2. The van der Waals surface area contributed by atoms with Crippen LogP contribution in [0.4, 0.5) is 5.69 Å². The number of aliphatic hydroxyl groups is 1. The van der Waals surface area contributed by atoms with Crippen LogP contribution in [0.2, 0.25) is 0 Å². The summed E-state index contributed by atoms with van der Waals surface area (Å²) in [4.78, 5) is 42.2. The predicted octanol–water partition coefficient (Wildman–Crippen LogP) is 2.62. The van der Waals surface area contributed by atoms with Gasteiger partial charge >= 0.3 is 5.97 Å². The third kappa shape index (κ3) is 9.76. The number of pyridine rings is 1. The summed E-state index contributed by atoms with van der Waals surface area (Å²) < 4.78 is 25.9. The molecule has 8 N–H and O–H groups in total. The van der Waals surface area contributed by atoms with E-state index in [1.54, 1.807) is 36.4 Å². The van der Waals surface area contributed by atoms with Crippen LogP contribution in [-0.4, -0.2) is 70.7 Å². The Morgan fingerprint density at radius 1 is 1.00 bits per heavy atom. The van der Waals surface area contributed by atoms with Gasteiger partial charge in [-0.25, -0.2) is 4.79 Å². The number of amides is 2. The molecule has 0 aliphatic carbocycles. The normalized spacial score (nSPS) is 11.9. The number of hydrogen-bond donors (Lipinski definition) is 7. The van der Waals surface area contributed by atoms with E-state index in [9.17, 15) is 33.0 Å². The van der Waals surface area contributed by atoms with Crippen LogP contribution in [0.25, 0.3) is 11.1 Å². The summed E-state index contributed by atoms with van der Waals surface area (Å²) in [5.41, 5.74) is 6.38. The highest BCUT2D eigenvalue weighted by Gasteiger charge is 2.27. The number of amidine groups is 1. The molecule has 0 bridgehead atoms. The van der Waals surface area contributed by atoms with Crippen LogP contribution in [0.5, 0.6) is 0 Å². The molecule has 1 atom stereocenters. The van der Waals surface area contributed by atoms with Crippen LogP contribution in [0.1, 0.15) is 57.5 Å². The number of carbonyl (C=O) groups excluding carboxylic acids is 2. The molecular formula is C28H33N5O8S. The fourth-order valence-electron chi connectivity index (χ4n) is 3.60. The Kier molecular flexibility index (Phi) is 11.0. The molecule has 42 heavy (non-hydrogen) atoms. The fourth-order valence-corrected chi connectivity index (χ4v) is 3.60. The largest absolute Gasteiger partial charge is 0.478 e. The van der Waals surface area contributed by atoms with Crippen molar-refractivity contribution >= 4 is 39.4 Å². The first-order valence-corrected chi connectivity index (χ1v) is 14.2. The number of carboxylic acid groups (broad SMARTS) is 1. The highest BCUT2D eigenvalue weighted by molar-refractivity contribution is 7.85. The quantitative estimate of drug-likeness (QED) is 0.114. The van der Waals surface area contributed by atoms with Crippen LogP contribution in [0.15, 0.2) is 60.8 Å². The number of nitrogens with zero attached hydrogens (tertiary/aromatic N) is 1. The van der Waals surface area contributed by atoms with Crippen molar-refractivity contribution in [3.05, 3.63) is 83.2 Å². The number of anilines is 1. The van der Waals surface area contributed by atoms with Crippen molar-refractivity contribution in [1.29, 1.82) is 5.41 Å². The number of benzene rings is 2. The molecule has 2 aromatic carbocycles. The molecule has 3 aromatic rings. The number of nitrogens with two attached hydrogens (primary N) is 1. The smallest absolute Gasteiger partial charge is 0.336 e. The molecule has 1 unspecified atom stereocenters. The molecule has 13 nitrogen and oxygen atoms in total. The minimum absolute atomic E-state index is 0.00840. The first kappa shape index (κ1) is 33.5. The summed E-state index contributed by atoms with van der Waals surface area (Å²) in [6.45, 7) is 5.33. The van der Waals surface area contributed by atoms with Gasteiger partial charge < -0.3 is 26.6 Å². The lowest BCUT2D eigenvalue weighted by atomic mass is 9.87. The molecule has 0 aliphatic heterocycles. The molecule has 0 spiro atoms. The summed E-state index contributed by atoms with van der Waals surface area (Å²) in [6.07, 6.45) is 2.13. The van der Waals surface area contributed by atoms with E-state index in [-0.39, 0.29) is 40.4 Å². The SMILES string of the molecule is CC(C)(C)C(CO)NC(=O)c1ccc(-c2cccnc2C(=O)Nc2ccc(C(=N)N)cc2)c(C(=O)O)c1.CS(=O)(=O)O. The minimum Gasteiger partial charge on any atom is -0.478 e. The predicted molar refractivity (Wildman–Crippen MR) is 157 cm³/mol. The molecular weight excluding hydrogens is 566 g/mol. The van der Waals surface area contributed by atoms with E-state index in [2.05, 4.69) is 15.6 Å². The second-order valence-corrected chi connectivity index (χ2v) is 11.7. The third-order valence-corrected chi connectivity index (χ3v) is 5.81. The molecule has 0 saturated heterocycles. The molecule has 2 amide bonds. The fraction of sp³-hybridized carbons (Fsp3) is 0.250. The molecule has 3 rings (SSSR count). The Hall–Kier alpha value is -4.66. The van der Waals surface area contributed by atoms with Gasteiger partial charge in [-0.2, -0.15) is 8.42 Å². The van der Waals surface area contributed by atoms with Gasteiger partial charge in [0.25, 0.3) is 21.9 Å². The van der Waals surface area contributed by atoms with Crippen molar-refractivity contribution in [2.75, 3.05) is 18.2 Å². The zero-order chi connectivity index (χ0) is 31.8. The number of carbonyl (C=O) groups is 3. The van der Waals surface area contributed by atoms with Crippen LogP contribution >= 0.6 is 0 Å². The Balaban J connectivity index is 0.00000113. The molecule has 0 saturated carbocycles. The van der Waals surface area contributed by atoms with E-state index >= 15 is 0 Å². The summed E-state index contributed by atoms with van der Waals surface area (Å²) in [5, 5.41) is 32.5. The standard InChI is InChI=1S/C27H29N5O5.CH4O3S/c1-27(2,3)21(14-33)32-24(34)16-8-11-18(20(13-16)26(36)37)19-5-4-12-30-22(19)25(35)31-17-9-6-15(7-10-17)23(28)29;1-5(2,3)4/h4-13,21,33H,14H2,1-3H3,(H3,28,29)(H,31,35)(H,32,34)(H,36,37);1H3,(H,2,3,4). The van der Waals surface area contributed by atoms with Crippen molar-refractivity contribution in [2.24, 2.45) is 11.1 Å². The Morgan fingerprint density at radius 3 is 2.07 bits per heavy atom. The van der Waals surface area contributed by atoms with Crippen molar-refractivity contribution in [1.82, 2.24) is 10.3 Å². The molecule has 0 fully saturated rings. The molecule has 0 aliphatic rings. The number of rotatable bonds is 8. The van der Waals surface area contributed by atoms with E-state index < -0.39 is 39.4 Å². The van der Waals surface area contributed by atoms with Gasteiger partial charge in [0.05, 0.1) is 24.5 Å². The molecule has 14 heteroatoms. The average Bonchev–Trinajstić information content (AvgIpc) is 2.89. The second kappa shape index (κ2) is 13.8. The number of aromatic nitrogens is 1. The second-order valence-electron chi connectivity index (χ2n) is 10.2. The highest BCUT2D eigenvalue weighted by Crippen LogP contribution is 2.28. The van der Waals surface area contributed by atoms with E-state index in [0.29, 0.717) is 17.5 Å².